The van der Waals surface area contributed by atoms with Crippen LogP contribution < -0.4 is 16.2 Å². The number of β-amino-alcohol motifs (C(OH)–C–C–N with tert-alkyl or cyclic N) is 1. The Bertz CT molecular complexity index is 879. The summed E-state index contributed by atoms with van der Waals surface area (Å²) in [5.74, 6) is -0.750. The molecule has 0 spiro atoms. The molecule has 2 aromatic rings. The van der Waals surface area contributed by atoms with Crippen LogP contribution in [0, 0.1) is 0 Å². The maximum absolute atomic E-state index is 13.0. The van der Waals surface area contributed by atoms with E-state index in [0.29, 0.717) is 25.9 Å². The predicted molar refractivity (Wildman–Crippen MR) is 103 cm³/mol. The van der Waals surface area contributed by atoms with Gasteiger partial charge in [0.25, 0.3) is 5.91 Å². The number of nitrogens with two attached hydrogens (primary N) is 2. The Labute approximate surface area is 171 Å². The number of halogens is 3. The number of benzene rings is 1. The zero-order valence-corrected chi connectivity index (χ0v) is 16.2. The molecule has 1 amide bonds. The van der Waals surface area contributed by atoms with Gasteiger partial charge in [-0.05, 0) is 25.0 Å². The highest BCUT2D eigenvalue weighted by atomic mass is 19.4. The zero-order chi connectivity index (χ0) is 21.9. The number of aliphatic hydroxyl groups is 1. The molecular weight excluding hydrogens is 403 g/mol. The lowest BCUT2D eigenvalue weighted by atomic mass is 10.0. The molecule has 0 radical (unpaired) electrons. The first kappa shape index (κ1) is 21.9. The van der Waals surface area contributed by atoms with E-state index in [0.717, 1.165) is 6.07 Å². The molecule has 0 saturated carbocycles. The van der Waals surface area contributed by atoms with Gasteiger partial charge in [-0.2, -0.15) is 13.2 Å². The van der Waals surface area contributed by atoms with Gasteiger partial charge in [-0.25, -0.2) is 4.98 Å². The van der Waals surface area contributed by atoms with E-state index in [1.807, 2.05) is 4.90 Å². The number of para-hydroxylation sites is 1. The molecule has 0 unspecified atom stereocenters. The van der Waals surface area contributed by atoms with Crippen LogP contribution in [-0.4, -0.2) is 57.8 Å². The SMILES string of the molecule is NC(=O)c1ncn(C2CCN(C[C@@H](O)COc3ccccc3C(F)(F)F)CC2)c1N. The number of ether oxygens (including phenoxy) is 1. The van der Waals surface area contributed by atoms with Crippen LogP contribution in [0.1, 0.15) is 34.9 Å². The van der Waals surface area contributed by atoms with Gasteiger partial charge in [0.2, 0.25) is 0 Å². The molecular formula is C19H24F3N5O3. The number of anilines is 1. The van der Waals surface area contributed by atoms with E-state index in [1.54, 1.807) is 4.57 Å². The van der Waals surface area contributed by atoms with Crippen LogP contribution in [0.3, 0.4) is 0 Å². The summed E-state index contributed by atoms with van der Waals surface area (Å²) in [6, 6.07) is 4.96. The number of carbonyl (C=O) groups excluding carboxylic acids is 1. The summed E-state index contributed by atoms with van der Waals surface area (Å²) >= 11 is 0. The van der Waals surface area contributed by atoms with Crippen LogP contribution in [0.25, 0.3) is 0 Å². The molecule has 8 nitrogen and oxygen atoms in total. The van der Waals surface area contributed by atoms with Gasteiger partial charge in [-0.3, -0.25) is 4.79 Å². The van der Waals surface area contributed by atoms with Gasteiger partial charge in [-0.15, -0.1) is 0 Å². The second-order valence-electron chi connectivity index (χ2n) is 7.24. The number of imidazole rings is 1. The Morgan fingerprint density at radius 2 is 1.97 bits per heavy atom. The van der Waals surface area contributed by atoms with Crippen molar-refractivity contribution in [3.8, 4) is 5.75 Å². The second-order valence-corrected chi connectivity index (χ2v) is 7.24. The van der Waals surface area contributed by atoms with Gasteiger partial charge in [0, 0.05) is 25.7 Å². The fourth-order valence-electron chi connectivity index (χ4n) is 3.59. The number of nitrogen functional groups attached to an aromatic ring is 1. The number of likely N-dealkylation sites (tertiary alicyclic amines) is 1. The maximum Gasteiger partial charge on any atom is 0.419 e. The minimum absolute atomic E-state index is 0.0455. The third-order valence-electron chi connectivity index (χ3n) is 5.11. The first-order valence-electron chi connectivity index (χ1n) is 9.48. The van der Waals surface area contributed by atoms with Gasteiger partial charge in [0.15, 0.2) is 5.69 Å². The molecule has 2 heterocycles. The lowest BCUT2D eigenvalue weighted by Crippen LogP contribution is -2.41. The van der Waals surface area contributed by atoms with Crippen LogP contribution >= 0.6 is 0 Å². The predicted octanol–water partition coefficient (Wildman–Crippen LogP) is 1.66. The Kier molecular flexibility index (Phi) is 6.52. The summed E-state index contributed by atoms with van der Waals surface area (Å²) in [5, 5.41) is 10.2. The van der Waals surface area contributed by atoms with Crippen molar-refractivity contribution in [3.05, 3.63) is 41.9 Å². The third kappa shape index (κ3) is 5.03. The number of hydrogen-bond acceptors (Lipinski definition) is 6. The van der Waals surface area contributed by atoms with Crippen LogP contribution in [0.5, 0.6) is 5.75 Å². The van der Waals surface area contributed by atoms with Crippen molar-refractivity contribution >= 4 is 11.7 Å². The topological polar surface area (TPSA) is 120 Å². The Morgan fingerprint density at radius 3 is 2.57 bits per heavy atom. The van der Waals surface area contributed by atoms with Crippen LogP contribution in [0.4, 0.5) is 19.0 Å². The average molecular weight is 427 g/mol. The quantitative estimate of drug-likeness (QED) is 0.618. The molecule has 1 aromatic carbocycles. The standard InChI is InChI=1S/C19H24F3N5O3/c20-19(21,22)14-3-1-2-4-15(14)30-10-13(28)9-26-7-5-12(6-8-26)27-11-25-16(17(27)23)18(24)29/h1-4,11-13,28H,5-10,23H2,(H2,24,29)/t13-/m1/s1. The van der Waals surface area contributed by atoms with Gasteiger partial charge < -0.3 is 30.8 Å². The molecule has 1 aliphatic rings. The molecule has 1 saturated heterocycles. The number of amides is 1. The van der Waals surface area contributed by atoms with E-state index in [4.69, 9.17) is 16.2 Å². The van der Waals surface area contributed by atoms with Gasteiger partial charge in [0.05, 0.1) is 11.9 Å². The Balaban J connectivity index is 1.49. The first-order chi connectivity index (χ1) is 14.2. The smallest absolute Gasteiger partial charge is 0.419 e. The monoisotopic (exact) mass is 427 g/mol. The number of nitrogens with zero attached hydrogens (tertiary/aromatic N) is 3. The van der Waals surface area contributed by atoms with Crippen molar-refractivity contribution < 1.29 is 27.8 Å². The molecule has 30 heavy (non-hydrogen) atoms. The largest absolute Gasteiger partial charge is 0.490 e. The fourth-order valence-corrected chi connectivity index (χ4v) is 3.59. The van der Waals surface area contributed by atoms with Gasteiger partial charge in [0.1, 0.15) is 24.3 Å². The maximum atomic E-state index is 13.0. The molecule has 0 bridgehead atoms. The zero-order valence-electron chi connectivity index (χ0n) is 16.2. The summed E-state index contributed by atoms with van der Waals surface area (Å²) in [6.45, 7) is 1.31. The van der Waals surface area contributed by atoms with E-state index in [9.17, 15) is 23.1 Å². The van der Waals surface area contributed by atoms with Crippen molar-refractivity contribution in [2.45, 2.75) is 31.2 Å². The number of hydrogen-bond donors (Lipinski definition) is 3. The van der Waals surface area contributed by atoms with Crippen molar-refractivity contribution in [1.29, 1.82) is 0 Å². The Morgan fingerprint density at radius 1 is 1.30 bits per heavy atom. The molecule has 1 aromatic heterocycles. The minimum atomic E-state index is -4.52. The summed E-state index contributed by atoms with van der Waals surface area (Å²) in [5.41, 5.74) is 10.3. The number of carbonyl (C=O) groups is 1. The summed E-state index contributed by atoms with van der Waals surface area (Å²) < 4.78 is 46.0. The van der Waals surface area contributed by atoms with E-state index < -0.39 is 23.8 Å². The number of rotatable bonds is 7. The number of piperidine rings is 1. The summed E-state index contributed by atoms with van der Waals surface area (Å²) in [4.78, 5) is 17.2. The van der Waals surface area contributed by atoms with Crippen molar-refractivity contribution in [1.82, 2.24) is 14.5 Å². The number of aromatic nitrogens is 2. The molecule has 0 aliphatic carbocycles. The van der Waals surface area contributed by atoms with E-state index in [2.05, 4.69) is 4.98 Å². The van der Waals surface area contributed by atoms with E-state index >= 15 is 0 Å². The lowest BCUT2D eigenvalue weighted by molar-refractivity contribution is -0.139. The molecule has 11 heteroatoms. The van der Waals surface area contributed by atoms with Gasteiger partial charge >= 0.3 is 6.18 Å². The minimum Gasteiger partial charge on any atom is -0.490 e. The fraction of sp³-hybridized carbons (Fsp3) is 0.474. The highest BCUT2D eigenvalue weighted by Gasteiger charge is 2.34. The summed E-state index contributed by atoms with van der Waals surface area (Å²) in [6.07, 6.45) is -2.54. The summed E-state index contributed by atoms with van der Waals surface area (Å²) in [7, 11) is 0. The molecule has 3 rings (SSSR count). The van der Waals surface area contributed by atoms with E-state index in [-0.39, 0.29) is 36.5 Å². The van der Waals surface area contributed by atoms with Crippen LogP contribution in [-0.2, 0) is 6.18 Å². The molecule has 5 N–H and O–H groups in total. The van der Waals surface area contributed by atoms with Crippen molar-refractivity contribution in [2.24, 2.45) is 5.73 Å². The highest BCUT2D eigenvalue weighted by Crippen LogP contribution is 2.36. The second kappa shape index (κ2) is 8.92. The van der Waals surface area contributed by atoms with Crippen LogP contribution in [0.2, 0.25) is 0 Å². The molecule has 1 atom stereocenters. The molecule has 164 valence electrons. The highest BCUT2D eigenvalue weighted by molar-refractivity contribution is 5.95. The van der Waals surface area contributed by atoms with E-state index in [1.165, 1.54) is 24.5 Å². The molecule has 1 fully saturated rings. The van der Waals surface area contributed by atoms with Gasteiger partial charge in [-0.1, -0.05) is 12.1 Å². The normalized spacial score (nSPS) is 17.1. The number of alkyl halides is 3. The third-order valence-corrected chi connectivity index (χ3v) is 5.11. The first-order valence-corrected chi connectivity index (χ1v) is 9.48. The van der Waals surface area contributed by atoms with Crippen LogP contribution in [0.15, 0.2) is 30.6 Å². The number of primary amides is 1. The Hall–Kier alpha value is -2.79. The van der Waals surface area contributed by atoms with Crippen molar-refractivity contribution in [2.75, 3.05) is 32.0 Å². The average Bonchev–Trinajstić information content (AvgIpc) is 3.08. The van der Waals surface area contributed by atoms with Crippen molar-refractivity contribution in [3.63, 3.8) is 0 Å². The lowest BCUT2D eigenvalue weighted by Gasteiger charge is -2.34. The number of aliphatic hydroxyl groups excluding tert-OH is 1. The molecule has 1 aliphatic heterocycles.